The van der Waals surface area contributed by atoms with Crippen LogP contribution in [0.15, 0.2) is 48.5 Å². The molecular weight excluding hydrogens is 412 g/mol. The van der Waals surface area contributed by atoms with Crippen molar-refractivity contribution in [3.8, 4) is 23.5 Å². The SMILES string of the molecule is C#CCC(NC(=O)OCC1c2ccccc2-c2ccccc21)C(=O)NCCC(O)C(=O)O. The van der Waals surface area contributed by atoms with E-state index < -0.39 is 30.1 Å². The maximum atomic E-state index is 12.4. The number of carboxylic acid groups (broad SMARTS) is 1. The van der Waals surface area contributed by atoms with E-state index in [4.69, 9.17) is 16.3 Å². The second kappa shape index (κ2) is 10.5. The number of aliphatic hydroxyl groups excluding tert-OH is 1. The molecule has 0 radical (unpaired) electrons. The fraction of sp³-hybridized carbons (Fsp3) is 0.292. The molecule has 3 rings (SSSR count). The number of aliphatic carboxylic acids is 1. The first kappa shape index (κ1) is 22.8. The van der Waals surface area contributed by atoms with Crippen molar-refractivity contribution in [3.05, 3.63) is 59.7 Å². The number of carbonyl (C=O) groups is 3. The molecule has 2 atom stereocenters. The second-order valence-corrected chi connectivity index (χ2v) is 7.36. The predicted octanol–water partition coefficient (Wildman–Crippen LogP) is 1.87. The molecular formula is C24H24N2O6. The summed E-state index contributed by atoms with van der Waals surface area (Å²) in [5, 5.41) is 22.8. The van der Waals surface area contributed by atoms with Crippen LogP contribution < -0.4 is 10.6 Å². The Hall–Kier alpha value is -3.83. The number of amides is 2. The van der Waals surface area contributed by atoms with Gasteiger partial charge in [0.2, 0.25) is 5.91 Å². The average molecular weight is 436 g/mol. The van der Waals surface area contributed by atoms with Gasteiger partial charge in [-0.25, -0.2) is 9.59 Å². The van der Waals surface area contributed by atoms with Gasteiger partial charge in [-0.3, -0.25) is 4.79 Å². The number of hydrogen-bond donors (Lipinski definition) is 4. The van der Waals surface area contributed by atoms with Crippen LogP contribution in [0.5, 0.6) is 0 Å². The van der Waals surface area contributed by atoms with Gasteiger partial charge in [0.05, 0.1) is 0 Å². The third kappa shape index (κ3) is 5.25. The minimum atomic E-state index is -1.59. The van der Waals surface area contributed by atoms with E-state index in [-0.39, 0.29) is 31.9 Å². The molecule has 0 heterocycles. The first-order valence-electron chi connectivity index (χ1n) is 10.2. The number of carbonyl (C=O) groups excluding carboxylic acids is 2. The lowest BCUT2D eigenvalue weighted by Gasteiger charge is -2.18. The van der Waals surface area contributed by atoms with Crippen molar-refractivity contribution in [2.24, 2.45) is 0 Å². The molecule has 0 saturated heterocycles. The summed E-state index contributed by atoms with van der Waals surface area (Å²) in [6, 6.07) is 14.8. The smallest absolute Gasteiger partial charge is 0.407 e. The Labute approximate surface area is 185 Å². The Bertz CT molecular complexity index is 999. The predicted molar refractivity (Wildman–Crippen MR) is 117 cm³/mol. The normalized spacial score (nSPS) is 13.8. The Kier molecular flexibility index (Phi) is 7.47. The van der Waals surface area contributed by atoms with Gasteiger partial charge in [-0.2, -0.15) is 0 Å². The van der Waals surface area contributed by atoms with E-state index in [1.54, 1.807) is 0 Å². The highest BCUT2D eigenvalue weighted by atomic mass is 16.5. The highest BCUT2D eigenvalue weighted by Gasteiger charge is 2.29. The molecule has 0 fully saturated rings. The average Bonchev–Trinajstić information content (AvgIpc) is 3.11. The summed E-state index contributed by atoms with van der Waals surface area (Å²) in [6.45, 7) is 0.00873. The van der Waals surface area contributed by atoms with Crippen LogP contribution in [0.3, 0.4) is 0 Å². The van der Waals surface area contributed by atoms with Crippen LogP contribution >= 0.6 is 0 Å². The summed E-state index contributed by atoms with van der Waals surface area (Å²) in [6.07, 6.45) is 2.68. The molecule has 1 aliphatic carbocycles. The van der Waals surface area contributed by atoms with Crippen molar-refractivity contribution >= 4 is 18.0 Å². The molecule has 0 aliphatic heterocycles. The molecule has 2 amide bonds. The fourth-order valence-corrected chi connectivity index (χ4v) is 3.69. The molecule has 8 nitrogen and oxygen atoms in total. The van der Waals surface area contributed by atoms with Gasteiger partial charge < -0.3 is 25.6 Å². The van der Waals surface area contributed by atoms with E-state index >= 15 is 0 Å². The molecule has 32 heavy (non-hydrogen) atoms. The van der Waals surface area contributed by atoms with Gasteiger partial charge in [0.15, 0.2) is 6.10 Å². The van der Waals surface area contributed by atoms with Gasteiger partial charge in [0, 0.05) is 25.3 Å². The minimum absolute atomic E-state index is 0.0719. The third-order valence-corrected chi connectivity index (χ3v) is 5.28. The number of fused-ring (bicyclic) bond motifs is 3. The van der Waals surface area contributed by atoms with Crippen LogP contribution in [0.4, 0.5) is 4.79 Å². The third-order valence-electron chi connectivity index (χ3n) is 5.28. The highest BCUT2D eigenvalue weighted by Crippen LogP contribution is 2.44. The van der Waals surface area contributed by atoms with Crippen LogP contribution in [-0.2, 0) is 14.3 Å². The molecule has 166 valence electrons. The maximum Gasteiger partial charge on any atom is 0.407 e. The highest BCUT2D eigenvalue weighted by molar-refractivity contribution is 5.86. The van der Waals surface area contributed by atoms with Crippen LogP contribution in [0, 0.1) is 12.3 Å². The summed E-state index contributed by atoms with van der Waals surface area (Å²) >= 11 is 0. The van der Waals surface area contributed by atoms with E-state index in [2.05, 4.69) is 16.6 Å². The zero-order valence-corrected chi connectivity index (χ0v) is 17.3. The van der Waals surface area contributed by atoms with Crippen LogP contribution in [0.1, 0.15) is 29.9 Å². The summed E-state index contributed by atoms with van der Waals surface area (Å²) in [4.78, 5) is 35.3. The second-order valence-electron chi connectivity index (χ2n) is 7.36. The summed E-state index contributed by atoms with van der Waals surface area (Å²) in [7, 11) is 0. The lowest BCUT2D eigenvalue weighted by molar-refractivity contribution is -0.147. The molecule has 2 aromatic carbocycles. The van der Waals surface area contributed by atoms with E-state index in [1.807, 2.05) is 48.5 Å². The topological polar surface area (TPSA) is 125 Å². The number of terminal acetylenes is 1. The molecule has 0 saturated carbocycles. The number of carboxylic acids is 1. The summed E-state index contributed by atoms with van der Waals surface area (Å²) in [5.41, 5.74) is 4.34. The number of hydrogen-bond acceptors (Lipinski definition) is 5. The largest absolute Gasteiger partial charge is 0.479 e. The molecule has 0 bridgehead atoms. The Morgan fingerprint density at radius 3 is 2.22 bits per heavy atom. The number of alkyl carbamates (subject to hydrolysis) is 1. The quantitative estimate of drug-likeness (QED) is 0.445. The molecule has 8 heteroatoms. The summed E-state index contributed by atoms with van der Waals surface area (Å²) in [5.74, 6) is 0.233. The van der Waals surface area contributed by atoms with Gasteiger partial charge in [-0.15, -0.1) is 12.3 Å². The number of nitrogens with one attached hydrogen (secondary N) is 2. The van der Waals surface area contributed by atoms with Crippen molar-refractivity contribution in [2.45, 2.75) is 30.9 Å². The molecule has 1 aliphatic rings. The van der Waals surface area contributed by atoms with Gasteiger partial charge in [-0.1, -0.05) is 48.5 Å². The van der Waals surface area contributed by atoms with Crippen molar-refractivity contribution in [1.29, 1.82) is 0 Å². The number of ether oxygens (including phenoxy) is 1. The van der Waals surface area contributed by atoms with Crippen LogP contribution in [0.25, 0.3) is 11.1 Å². The fourth-order valence-electron chi connectivity index (χ4n) is 3.69. The number of aliphatic hydroxyl groups is 1. The van der Waals surface area contributed by atoms with Crippen LogP contribution in [-0.4, -0.2) is 53.5 Å². The van der Waals surface area contributed by atoms with E-state index in [0.29, 0.717) is 0 Å². The Morgan fingerprint density at radius 1 is 1.06 bits per heavy atom. The van der Waals surface area contributed by atoms with Crippen molar-refractivity contribution in [1.82, 2.24) is 10.6 Å². The first-order chi connectivity index (χ1) is 15.4. The summed E-state index contributed by atoms with van der Waals surface area (Å²) < 4.78 is 5.42. The van der Waals surface area contributed by atoms with Gasteiger partial charge in [-0.05, 0) is 22.3 Å². The zero-order valence-electron chi connectivity index (χ0n) is 17.3. The van der Waals surface area contributed by atoms with Gasteiger partial charge >= 0.3 is 12.1 Å². The van der Waals surface area contributed by atoms with E-state index in [9.17, 15) is 19.5 Å². The lowest BCUT2D eigenvalue weighted by atomic mass is 9.98. The minimum Gasteiger partial charge on any atom is -0.479 e. The van der Waals surface area contributed by atoms with Crippen molar-refractivity contribution < 1.29 is 29.3 Å². The number of benzene rings is 2. The zero-order chi connectivity index (χ0) is 23.1. The van der Waals surface area contributed by atoms with Crippen molar-refractivity contribution in [2.75, 3.05) is 13.2 Å². The molecule has 2 unspecified atom stereocenters. The number of rotatable bonds is 9. The Balaban J connectivity index is 1.57. The molecule has 2 aromatic rings. The lowest BCUT2D eigenvalue weighted by Crippen LogP contribution is -2.47. The molecule has 0 aromatic heterocycles. The van der Waals surface area contributed by atoms with E-state index in [0.717, 1.165) is 22.3 Å². The monoisotopic (exact) mass is 436 g/mol. The molecule has 0 spiro atoms. The van der Waals surface area contributed by atoms with Crippen molar-refractivity contribution in [3.63, 3.8) is 0 Å². The Morgan fingerprint density at radius 2 is 1.66 bits per heavy atom. The van der Waals surface area contributed by atoms with Crippen LogP contribution in [0.2, 0.25) is 0 Å². The van der Waals surface area contributed by atoms with E-state index in [1.165, 1.54) is 0 Å². The standard InChI is InChI=1S/C24H24N2O6/c1-2-7-20(22(28)25-13-12-21(27)23(29)30)26-24(31)32-14-19-17-10-5-3-8-15(17)16-9-4-6-11-18(16)19/h1,3-6,8-11,19-21,27H,7,12-14H2,(H,25,28)(H,26,31)(H,29,30). The maximum absolute atomic E-state index is 12.4. The van der Waals surface area contributed by atoms with Gasteiger partial charge in [0.1, 0.15) is 12.6 Å². The molecule has 4 N–H and O–H groups in total. The first-order valence-corrected chi connectivity index (χ1v) is 10.2. The van der Waals surface area contributed by atoms with Gasteiger partial charge in [0.25, 0.3) is 0 Å².